The lowest BCUT2D eigenvalue weighted by atomic mass is 10.4. The molecule has 0 atom stereocenters. The number of halogens is 1. The zero-order valence-electron chi connectivity index (χ0n) is 9.78. The summed E-state index contributed by atoms with van der Waals surface area (Å²) in [6.45, 7) is 1.31. The van der Waals surface area contributed by atoms with Crippen LogP contribution in [-0.4, -0.2) is 65.9 Å². The molecule has 7 nitrogen and oxygen atoms in total. The number of hydrogen-bond donors (Lipinski definition) is 0. The number of nitrogens with zero attached hydrogens (tertiary/aromatic N) is 4. The maximum atomic E-state index is 12.0. The zero-order chi connectivity index (χ0) is 13.3. The van der Waals surface area contributed by atoms with Gasteiger partial charge in [0.05, 0.1) is 23.7 Å². The van der Waals surface area contributed by atoms with Gasteiger partial charge in [0.2, 0.25) is 10.0 Å². The Hall–Kier alpha value is -1.12. The van der Waals surface area contributed by atoms with Crippen LogP contribution in [-0.2, 0) is 10.0 Å². The van der Waals surface area contributed by atoms with Crippen LogP contribution >= 0.6 is 11.6 Å². The first-order chi connectivity index (χ1) is 8.38. The van der Waals surface area contributed by atoms with Gasteiger partial charge in [0, 0.05) is 26.2 Å². The van der Waals surface area contributed by atoms with E-state index >= 15 is 0 Å². The van der Waals surface area contributed by atoms with Crippen molar-refractivity contribution in [2.24, 2.45) is 0 Å². The Morgan fingerprint density at radius 1 is 1.33 bits per heavy atom. The molecule has 1 fully saturated rings. The average molecular weight is 293 g/mol. The lowest BCUT2D eigenvalue weighted by Crippen LogP contribution is -2.51. The highest BCUT2D eigenvalue weighted by Crippen LogP contribution is 2.09. The van der Waals surface area contributed by atoms with Crippen LogP contribution in [0.3, 0.4) is 0 Å². The number of piperazine rings is 1. The van der Waals surface area contributed by atoms with Gasteiger partial charge in [-0.1, -0.05) is 11.6 Å². The molecular formula is C9H13ClN4O3S. The topological polar surface area (TPSA) is 75.5 Å². The molecule has 100 valence electrons. The number of sulfonamides is 1. The highest BCUT2D eigenvalue weighted by molar-refractivity contribution is 7.88. The summed E-state index contributed by atoms with van der Waals surface area (Å²) in [6.07, 6.45) is 3.97. The number of rotatable bonds is 1. The number of hydrogen-bond acceptors (Lipinski definition) is 4. The molecule has 18 heavy (non-hydrogen) atoms. The van der Waals surface area contributed by atoms with Crippen molar-refractivity contribution in [3.05, 3.63) is 17.4 Å². The summed E-state index contributed by atoms with van der Waals surface area (Å²) in [7, 11) is -3.18. The molecule has 1 aliphatic heterocycles. The minimum absolute atomic E-state index is 0.296. The molecule has 0 unspecified atom stereocenters. The SMILES string of the molecule is CS(=O)(=O)N1CCN(C(=O)n2cc(Cl)cn2)CC1. The van der Waals surface area contributed by atoms with E-state index in [1.54, 1.807) is 4.90 Å². The number of carbonyl (C=O) groups excluding carboxylic acids is 1. The first-order valence-corrected chi connectivity index (χ1v) is 7.55. The average Bonchev–Trinajstić information content (AvgIpc) is 2.74. The largest absolute Gasteiger partial charge is 0.344 e. The highest BCUT2D eigenvalue weighted by atomic mass is 35.5. The van der Waals surface area contributed by atoms with Crippen molar-refractivity contribution in [2.75, 3.05) is 32.4 Å². The highest BCUT2D eigenvalue weighted by Gasteiger charge is 2.26. The van der Waals surface area contributed by atoms with Crippen LogP contribution in [0, 0.1) is 0 Å². The molecule has 1 amide bonds. The minimum Gasteiger partial charge on any atom is -0.320 e. The van der Waals surface area contributed by atoms with Crippen molar-refractivity contribution >= 4 is 27.7 Å². The van der Waals surface area contributed by atoms with Crippen molar-refractivity contribution in [3.63, 3.8) is 0 Å². The summed E-state index contributed by atoms with van der Waals surface area (Å²) in [5.74, 6) is 0. The second-order valence-corrected chi connectivity index (χ2v) is 6.45. The molecule has 0 saturated carbocycles. The zero-order valence-corrected chi connectivity index (χ0v) is 11.4. The lowest BCUT2D eigenvalue weighted by molar-refractivity contribution is 0.171. The maximum absolute atomic E-state index is 12.0. The van der Waals surface area contributed by atoms with Crippen LogP contribution in [0.15, 0.2) is 12.4 Å². The van der Waals surface area contributed by atoms with Crippen LogP contribution in [0.5, 0.6) is 0 Å². The Balaban J connectivity index is 2.00. The molecule has 1 aliphatic rings. The molecule has 0 radical (unpaired) electrons. The van der Waals surface area contributed by atoms with Gasteiger partial charge in [0.1, 0.15) is 0 Å². The van der Waals surface area contributed by atoms with Crippen LogP contribution in [0.25, 0.3) is 0 Å². The van der Waals surface area contributed by atoms with Crippen LogP contribution in [0.2, 0.25) is 5.02 Å². The van der Waals surface area contributed by atoms with E-state index < -0.39 is 10.0 Å². The Bertz CT molecular complexity index is 548. The van der Waals surface area contributed by atoms with E-state index in [1.807, 2.05) is 0 Å². The molecule has 0 aromatic carbocycles. The quantitative estimate of drug-likeness (QED) is 0.735. The van der Waals surface area contributed by atoms with Crippen molar-refractivity contribution in [1.29, 1.82) is 0 Å². The monoisotopic (exact) mass is 292 g/mol. The van der Waals surface area contributed by atoms with E-state index in [-0.39, 0.29) is 6.03 Å². The van der Waals surface area contributed by atoms with E-state index in [2.05, 4.69) is 5.10 Å². The van der Waals surface area contributed by atoms with Crippen molar-refractivity contribution in [1.82, 2.24) is 19.0 Å². The van der Waals surface area contributed by atoms with Crippen LogP contribution in [0.1, 0.15) is 0 Å². The van der Waals surface area contributed by atoms with Gasteiger partial charge < -0.3 is 4.90 Å². The third-order valence-electron chi connectivity index (χ3n) is 2.73. The molecule has 1 saturated heterocycles. The summed E-state index contributed by atoms with van der Waals surface area (Å²) < 4.78 is 25.2. The first kappa shape index (κ1) is 13.3. The molecular weight excluding hydrogens is 280 g/mol. The first-order valence-electron chi connectivity index (χ1n) is 5.32. The fraction of sp³-hybridized carbons (Fsp3) is 0.556. The van der Waals surface area contributed by atoms with Gasteiger partial charge in [-0.3, -0.25) is 0 Å². The molecule has 2 heterocycles. The van der Waals surface area contributed by atoms with Crippen molar-refractivity contribution in [2.45, 2.75) is 0 Å². The predicted molar refractivity (Wildman–Crippen MR) is 66.0 cm³/mol. The molecule has 0 aliphatic carbocycles. The van der Waals surface area contributed by atoms with Crippen molar-refractivity contribution < 1.29 is 13.2 Å². The molecule has 0 N–H and O–H groups in total. The Morgan fingerprint density at radius 2 is 1.94 bits per heavy atom. The Morgan fingerprint density at radius 3 is 2.39 bits per heavy atom. The second-order valence-electron chi connectivity index (χ2n) is 4.03. The molecule has 0 spiro atoms. The van der Waals surface area contributed by atoms with Gasteiger partial charge in [-0.25, -0.2) is 13.2 Å². The summed E-state index contributed by atoms with van der Waals surface area (Å²) in [6, 6.07) is -0.296. The van der Waals surface area contributed by atoms with Gasteiger partial charge in [-0.15, -0.1) is 0 Å². The molecule has 0 bridgehead atoms. The second kappa shape index (κ2) is 4.87. The normalized spacial score (nSPS) is 18.0. The fourth-order valence-corrected chi connectivity index (χ4v) is 2.72. The standard InChI is InChI=1S/C9H13ClN4O3S/c1-18(16,17)13-4-2-12(3-5-13)9(15)14-7-8(10)6-11-14/h6-7H,2-5H2,1H3. The third-order valence-corrected chi connectivity index (χ3v) is 4.22. The maximum Gasteiger partial charge on any atom is 0.344 e. The molecule has 1 aromatic heterocycles. The van der Waals surface area contributed by atoms with Gasteiger partial charge in [-0.2, -0.15) is 14.1 Å². The molecule has 9 heteroatoms. The Kier molecular flexibility index (Phi) is 3.60. The van der Waals surface area contributed by atoms with Gasteiger partial charge >= 0.3 is 6.03 Å². The summed E-state index contributed by atoms with van der Waals surface area (Å²) in [5, 5.41) is 4.21. The lowest BCUT2D eigenvalue weighted by Gasteiger charge is -2.32. The molecule has 1 aromatic rings. The molecule has 2 rings (SSSR count). The predicted octanol–water partition coefficient (Wildman–Crippen LogP) is 0.0818. The van der Waals surface area contributed by atoms with E-state index in [0.717, 1.165) is 10.9 Å². The third kappa shape index (κ3) is 2.82. The van der Waals surface area contributed by atoms with E-state index in [1.165, 1.54) is 16.7 Å². The Labute approximate surface area is 110 Å². The summed E-state index contributed by atoms with van der Waals surface area (Å²) in [4.78, 5) is 13.5. The van der Waals surface area contributed by atoms with E-state index in [0.29, 0.717) is 31.2 Å². The number of aromatic nitrogens is 2. The van der Waals surface area contributed by atoms with Gasteiger partial charge in [0.25, 0.3) is 0 Å². The van der Waals surface area contributed by atoms with E-state index in [4.69, 9.17) is 11.6 Å². The summed E-state index contributed by atoms with van der Waals surface area (Å²) >= 11 is 5.68. The minimum atomic E-state index is -3.18. The van der Waals surface area contributed by atoms with Gasteiger partial charge in [-0.05, 0) is 0 Å². The van der Waals surface area contributed by atoms with Crippen LogP contribution in [0.4, 0.5) is 4.79 Å². The number of amides is 1. The fourth-order valence-electron chi connectivity index (χ4n) is 1.76. The van der Waals surface area contributed by atoms with E-state index in [9.17, 15) is 13.2 Å². The van der Waals surface area contributed by atoms with Gasteiger partial charge in [0.15, 0.2) is 0 Å². The number of carbonyl (C=O) groups is 1. The smallest absolute Gasteiger partial charge is 0.320 e. The summed E-state index contributed by atoms with van der Waals surface area (Å²) in [5.41, 5.74) is 0. The van der Waals surface area contributed by atoms with Crippen LogP contribution < -0.4 is 0 Å². The van der Waals surface area contributed by atoms with Crippen molar-refractivity contribution in [3.8, 4) is 0 Å².